The number of nitrogens with one attached hydrogen (secondary N) is 1. The smallest absolute Gasteiger partial charge is 0.339 e. The van der Waals surface area contributed by atoms with Crippen molar-refractivity contribution in [2.24, 2.45) is 5.92 Å². The van der Waals surface area contributed by atoms with Gasteiger partial charge in [0.05, 0.1) is 24.3 Å². The molecule has 1 aliphatic heterocycles. The van der Waals surface area contributed by atoms with Crippen LogP contribution in [-0.2, 0) is 14.3 Å². The minimum absolute atomic E-state index is 0.0155. The van der Waals surface area contributed by atoms with Crippen LogP contribution in [0.25, 0.3) is 0 Å². The van der Waals surface area contributed by atoms with Crippen LogP contribution < -0.4 is 5.32 Å². The molecular weight excluding hydrogens is 310 g/mol. The Bertz CT molecular complexity index is 630. The first-order valence-corrected chi connectivity index (χ1v) is 7.83. The molecular formula is C17H23N3O4. The van der Waals surface area contributed by atoms with Gasteiger partial charge in [-0.15, -0.1) is 0 Å². The van der Waals surface area contributed by atoms with E-state index in [1.807, 2.05) is 19.0 Å². The van der Waals surface area contributed by atoms with E-state index < -0.39 is 11.9 Å². The molecule has 0 aliphatic carbocycles. The van der Waals surface area contributed by atoms with E-state index in [1.54, 1.807) is 29.2 Å². The quantitative estimate of drug-likeness (QED) is 0.780. The lowest BCUT2D eigenvalue weighted by molar-refractivity contribution is -0.128. The minimum atomic E-state index is -0.513. The van der Waals surface area contributed by atoms with E-state index in [0.717, 1.165) is 6.54 Å². The fourth-order valence-electron chi connectivity index (χ4n) is 2.60. The Labute approximate surface area is 141 Å². The van der Waals surface area contributed by atoms with E-state index >= 15 is 0 Å². The molecule has 1 aromatic rings. The number of carbonyl (C=O) groups excluding carboxylic acids is 3. The maximum atomic E-state index is 12.5. The highest BCUT2D eigenvalue weighted by Gasteiger charge is 2.34. The number of benzene rings is 1. The monoisotopic (exact) mass is 333 g/mol. The van der Waals surface area contributed by atoms with Crippen molar-refractivity contribution in [1.29, 1.82) is 0 Å². The van der Waals surface area contributed by atoms with Crippen LogP contribution in [0.4, 0.5) is 5.69 Å². The molecule has 1 aliphatic rings. The number of rotatable bonds is 6. The van der Waals surface area contributed by atoms with Gasteiger partial charge < -0.3 is 19.9 Å². The lowest BCUT2D eigenvalue weighted by Crippen LogP contribution is -2.34. The van der Waals surface area contributed by atoms with E-state index in [4.69, 9.17) is 4.74 Å². The van der Waals surface area contributed by atoms with Gasteiger partial charge in [-0.2, -0.15) is 0 Å². The van der Waals surface area contributed by atoms with E-state index in [1.165, 1.54) is 7.11 Å². The van der Waals surface area contributed by atoms with Gasteiger partial charge in [0, 0.05) is 26.1 Å². The Hall–Kier alpha value is -2.41. The normalized spacial score (nSPS) is 17.2. The lowest BCUT2D eigenvalue weighted by atomic mass is 10.1. The van der Waals surface area contributed by atoms with Crippen LogP contribution in [0.1, 0.15) is 16.8 Å². The summed E-state index contributed by atoms with van der Waals surface area (Å²) in [6, 6.07) is 6.66. The maximum Gasteiger partial charge on any atom is 0.339 e. The summed E-state index contributed by atoms with van der Waals surface area (Å²) < 4.78 is 4.72. The zero-order valence-corrected chi connectivity index (χ0v) is 14.2. The average Bonchev–Trinajstić information content (AvgIpc) is 2.94. The van der Waals surface area contributed by atoms with Crippen LogP contribution in [0, 0.1) is 5.92 Å². The fourth-order valence-corrected chi connectivity index (χ4v) is 2.60. The molecule has 1 atom stereocenters. The van der Waals surface area contributed by atoms with Crippen molar-refractivity contribution in [2.45, 2.75) is 6.42 Å². The van der Waals surface area contributed by atoms with E-state index in [0.29, 0.717) is 24.3 Å². The summed E-state index contributed by atoms with van der Waals surface area (Å²) in [7, 11) is 5.17. The first-order valence-electron chi connectivity index (χ1n) is 7.83. The Balaban J connectivity index is 2.01. The number of hydrogen-bond donors (Lipinski definition) is 1. The number of carbonyl (C=O) groups is 3. The fraction of sp³-hybridized carbons (Fsp3) is 0.471. The molecule has 0 radical (unpaired) electrons. The number of ether oxygens (including phenoxy) is 1. The SMILES string of the molecule is COC(=O)c1ccccc1NC(=O)C1CC(=O)N(CCN(C)C)C1. The van der Waals surface area contributed by atoms with Crippen LogP contribution in [0.15, 0.2) is 24.3 Å². The molecule has 130 valence electrons. The van der Waals surface area contributed by atoms with Crippen molar-refractivity contribution in [3.63, 3.8) is 0 Å². The molecule has 2 amide bonds. The Kier molecular flexibility index (Phi) is 5.92. The standard InChI is InChI=1S/C17H23N3O4/c1-19(2)8-9-20-11-12(10-15(20)21)16(22)18-14-7-5-4-6-13(14)17(23)24-3/h4-7,12H,8-11H2,1-3H3,(H,18,22). The van der Waals surface area contributed by atoms with Gasteiger partial charge in [-0.1, -0.05) is 12.1 Å². The number of likely N-dealkylation sites (tertiary alicyclic amines) is 1. The number of anilines is 1. The second-order valence-electron chi connectivity index (χ2n) is 6.07. The zero-order valence-electron chi connectivity index (χ0n) is 14.2. The van der Waals surface area contributed by atoms with Gasteiger partial charge >= 0.3 is 5.97 Å². The second kappa shape index (κ2) is 7.92. The maximum absolute atomic E-state index is 12.5. The third-order valence-corrected chi connectivity index (χ3v) is 3.99. The molecule has 0 saturated carbocycles. The molecule has 24 heavy (non-hydrogen) atoms. The molecule has 1 heterocycles. The van der Waals surface area contributed by atoms with Gasteiger partial charge in [0.1, 0.15) is 0 Å². The molecule has 0 spiro atoms. The summed E-state index contributed by atoms with van der Waals surface area (Å²) in [5.41, 5.74) is 0.690. The molecule has 7 nitrogen and oxygen atoms in total. The van der Waals surface area contributed by atoms with Gasteiger partial charge in [-0.3, -0.25) is 9.59 Å². The van der Waals surface area contributed by atoms with Crippen molar-refractivity contribution >= 4 is 23.5 Å². The number of esters is 1. The second-order valence-corrected chi connectivity index (χ2v) is 6.07. The third-order valence-electron chi connectivity index (χ3n) is 3.99. The van der Waals surface area contributed by atoms with Gasteiger partial charge in [0.15, 0.2) is 0 Å². The molecule has 1 unspecified atom stereocenters. The van der Waals surface area contributed by atoms with Crippen molar-refractivity contribution in [2.75, 3.05) is 46.2 Å². The minimum Gasteiger partial charge on any atom is -0.465 e. The zero-order chi connectivity index (χ0) is 17.7. The highest BCUT2D eigenvalue weighted by atomic mass is 16.5. The topological polar surface area (TPSA) is 78.9 Å². The average molecular weight is 333 g/mol. The van der Waals surface area contributed by atoms with Crippen molar-refractivity contribution < 1.29 is 19.1 Å². The van der Waals surface area contributed by atoms with E-state index in [2.05, 4.69) is 5.32 Å². The Morgan fingerprint density at radius 2 is 2.04 bits per heavy atom. The van der Waals surface area contributed by atoms with Crippen LogP contribution in [-0.4, -0.2) is 68.4 Å². The first-order chi connectivity index (χ1) is 11.4. The number of para-hydroxylation sites is 1. The summed E-state index contributed by atoms with van der Waals surface area (Å²) in [6.07, 6.45) is 0.194. The van der Waals surface area contributed by atoms with Crippen LogP contribution in [0.5, 0.6) is 0 Å². The summed E-state index contributed by atoms with van der Waals surface area (Å²) >= 11 is 0. The molecule has 2 rings (SSSR count). The van der Waals surface area contributed by atoms with Crippen molar-refractivity contribution in [3.8, 4) is 0 Å². The molecule has 1 aromatic carbocycles. The number of amides is 2. The largest absolute Gasteiger partial charge is 0.465 e. The highest BCUT2D eigenvalue weighted by Crippen LogP contribution is 2.22. The third kappa shape index (κ3) is 4.32. The van der Waals surface area contributed by atoms with E-state index in [9.17, 15) is 14.4 Å². The lowest BCUT2D eigenvalue weighted by Gasteiger charge is -2.19. The number of likely N-dealkylation sites (N-methyl/N-ethyl adjacent to an activating group) is 1. The number of hydrogen-bond acceptors (Lipinski definition) is 5. The Morgan fingerprint density at radius 1 is 1.33 bits per heavy atom. The Morgan fingerprint density at radius 3 is 2.71 bits per heavy atom. The molecule has 0 bridgehead atoms. The summed E-state index contributed by atoms with van der Waals surface area (Å²) in [4.78, 5) is 39.9. The first kappa shape index (κ1) is 17.9. The van der Waals surface area contributed by atoms with Crippen molar-refractivity contribution in [3.05, 3.63) is 29.8 Å². The van der Waals surface area contributed by atoms with Gasteiger partial charge in [-0.05, 0) is 26.2 Å². The molecule has 1 saturated heterocycles. The van der Waals surface area contributed by atoms with Crippen LogP contribution >= 0.6 is 0 Å². The predicted molar refractivity (Wildman–Crippen MR) is 89.7 cm³/mol. The predicted octanol–water partition coefficient (Wildman–Crippen LogP) is 0.822. The molecule has 7 heteroatoms. The van der Waals surface area contributed by atoms with Gasteiger partial charge in [0.2, 0.25) is 11.8 Å². The molecule has 1 fully saturated rings. The van der Waals surface area contributed by atoms with E-state index in [-0.39, 0.29) is 18.2 Å². The van der Waals surface area contributed by atoms with Gasteiger partial charge in [-0.25, -0.2) is 4.79 Å². The highest BCUT2D eigenvalue weighted by molar-refractivity contribution is 6.03. The van der Waals surface area contributed by atoms with Crippen LogP contribution in [0.2, 0.25) is 0 Å². The number of nitrogens with zero attached hydrogens (tertiary/aromatic N) is 2. The van der Waals surface area contributed by atoms with Crippen molar-refractivity contribution in [1.82, 2.24) is 9.80 Å². The molecule has 0 aromatic heterocycles. The summed E-state index contributed by atoms with van der Waals surface area (Å²) in [5, 5.41) is 2.74. The molecule has 1 N–H and O–H groups in total. The summed E-state index contributed by atoms with van der Waals surface area (Å²) in [6.45, 7) is 1.76. The van der Waals surface area contributed by atoms with Gasteiger partial charge in [0.25, 0.3) is 0 Å². The number of methoxy groups -OCH3 is 1. The summed E-state index contributed by atoms with van der Waals surface area (Å²) in [5.74, 6) is -1.20. The van der Waals surface area contributed by atoms with Crippen LogP contribution in [0.3, 0.4) is 0 Å².